The molecule has 6 nitrogen and oxygen atoms in total. The van der Waals surface area contributed by atoms with Crippen LogP contribution in [0.4, 0.5) is 0 Å². The second-order valence-electron chi connectivity index (χ2n) is 4.70. The summed E-state index contributed by atoms with van der Waals surface area (Å²) in [6, 6.07) is 0. The third-order valence-corrected chi connectivity index (χ3v) is 3.02. The Bertz CT molecular complexity index is 347. The Balaban J connectivity index is 1.73. The minimum absolute atomic E-state index is 0.0267. The molecule has 0 aromatic carbocycles. The highest BCUT2D eigenvalue weighted by atomic mass is 16.5. The van der Waals surface area contributed by atoms with E-state index in [0.717, 1.165) is 31.7 Å². The van der Waals surface area contributed by atoms with Gasteiger partial charge in [-0.25, -0.2) is 4.68 Å². The van der Waals surface area contributed by atoms with E-state index < -0.39 is 0 Å². The Kier molecular flexibility index (Phi) is 4.09. The van der Waals surface area contributed by atoms with Gasteiger partial charge in [-0.2, -0.15) is 0 Å². The first-order valence-corrected chi connectivity index (χ1v) is 6.06. The zero-order chi connectivity index (χ0) is 12.1. The van der Waals surface area contributed by atoms with Crippen LogP contribution in [0.25, 0.3) is 0 Å². The smallest absolute Gasteiger partial charge is 0.0964 e. The Labute approximate surface area is 101 Å². The van der Waals surface area contributed by atoms with E-state index in [-0.39, 0.29) is 12.2 Å². The van der Waals surface area contributed by atoms with Crippen LogP contribution in [0.3, 0.4) is 0 Å². The van der Waals surface area contributed by atoms with E-state index >= 15 is 0 Å². The summed E-state index contributed by atoms with van der Waals surface area (Å²) < 4.78 is 7.33. The molecular weight excluding hydrogens is 220 g/mol. The zero-order valence-electron chi connectivity index (χ0n) is 10.2. The van der Waals surface area contributed by atoms with Gasteiger partial charge in [-0.3, -0.25) is 0 Å². The SMILES string of the molecule is CC1(CNCc2cn(CCO)nn2)CCCO1. The summed E-state index contributed by atoms with van der Waals surface area (Å²) in [5.41, 5.74) is 0.862. The molecule has 2 N–H and O–H groups in total. The number of aliphatic hydroxyl groups excluding tert-OH is 1. The van der Waals surface area contributed by atoms with Crippen LogP contribution < -0.4 is 5.32 Å². The van der Waals surface area contributed by atoms with E-state index in [9.17, 15) is 0 Å². The molecule has 0 aliphatic carbocycles. The second kappa shape index (κ2) is 5.57. The Hall–Kier alpha value is -0.980. The van der Waals surface area contributed by atoms with E-state index in [4.69, 9.17) is 9.84 Å². The van der Waals surface area contributed by atoms with Crippen LogP contribution in [0.15, 0.2) is 6.20 Å². The minimum Gasteiger partial charge on any atom is -0.394 e. The molecular formula is C11H20N4O2. The molecule has 0 saturated carbocycles. The maximum Gasteiger partial charge on any atom is 0.0964 e. The minimum atomic E-state index is -0.0267. The van der Waals surface area contributed by atoms with Crippen LogP contribution in [-0.4, -0.2) is 45.5 Å². The lowest BCUT2D eigenvalue weighted by atomic mass is 10.0. The highest BCUT2D eigenvalue weighted by Gasteiger charge is 2.28. The van der Waals surface area contributed by atoms with Gasteiger partial charge in [0.1, 0.15) is 0 Å². The molecule has 1 fully saturated rings. The van der Waals surface area contributed by atoms with E-state index in [1.165, 1.54) is 0 Å². The molecule has 1 aliphatic rings. The standard InChI is InChI=1S/C11H20N4O2/c1-11(3-2-6-17-11)9-12-7-10-8-15(4-5-16)14-13-10/h8,12,16H,2-7,9H2,1H3. The molecule has 2 heterocycles. The fraction of sp³-hybridized carbons (Fsp3) is 0.818. The molecule has 1 aromatic heterocycles. The molecule has 1 saturated heterocycles. The van der Waals surface area contributed by atoms with Crippen molar-refractivity contribution in [1.82, 2.24) is 20.3 Å². The predicted octanol–water partition coefficient (Wildman–Crippen LogP) is -0.0709. The van der Waals surface area contributed by atoms with E-state index in [1.807, 2.05) is 6.20 Å². The van der Waals surface area contributed by atoms with Gasteiger partial charge in [-0.15, -0.1) is 5.10 Å². The number of nitrogens with one attached hydrogen (secondary N) is 1. The predicted molar refractivity (Wildman–Crippen MR) is 62.4 cm³/mol. The quantitative estimate of drug-likeness (QED) is 0.728. The first kappa shape index (κ1) is 12.5. The van der Waals surface area contributed by atoms with Crippen molar-refractivity contribution in [1.29, 1.82) is 0 Å². The molecule has 0 spiro atoms. The van der Waals surface area contributed by atoms with Gasteiger partial charge in [-0.05, 0) is 19.8 Å². The van der Waals surface area contributed by atoms with Gasteiger partial charge in [-0.1, -0.05) is 5.21 Å². The average molecular weight is 240 g/mol. The summed E-state index contributed by atoms with van der Waals surface area (Å²) in [7, 11) is 0. The molecule has 0 radical (unpaired) electrons. The first-order valence-electron chi connectivity index (χ1n) is 6.06. The lowest BCUT2D eigenvalue weighted by Gasteiger charge is -2.23. The summed E-state index contributed by atoms with van der Waals surface area (Å²) in [4.78, 5) is 0. The van der Waals surface area contributed by atoms with Gasteiger partial charge in [0.2, 0.25) is 0 Å². The summed E-state index contributed by atoms with van der Waals surface area (Å²) >= 11 is 0. The zero-order valence-corrected chi connectivity index (χ0v) is 10.2. The lowest BCUT2D eigenvalue weighted by Crippen LogP contribution is -2.36. The van der Waals surface area contributed by atoms with Gasteiger partial charge in [0.15, 0.2) is 0 Å². The summed E-state index contributed by atoms with van der Waals surface area (Å²) in [5.74, 6) is 0. The van der Waals surface area contributed by atoms with Crippen molar-refractivity contribution >= 4 is 0 Å². The average Bonchev–Trinajstić information content (AvgIpc) is 2.90. The Morgan fingerprint density at radius 2 is 2.53 bits per heavy atom. The molecule has 96 valence electrons. The van der Waals surface area contributed by atoms with Gasteiger partial charge in [0, 0.05) is 25.9 Å². The van der Waals surface area contributed by atoms with Crippen molar-refractivity contribution in [3.63, 3.8) is 0 Å². The molecule has 0 amide bonds. The van der Waals surface area contributed by atoms with Crippen LogP contribution in [-0.2, 0) is 17.8 Å². The number of rotatable bonds is 6. The van der Waals surface area contributed by atoms with Crippen LogP contribution in [0.1, 0.15) is 25.5 Å². The third-order valence-electron chi connectivity index (χ3n) is 3.02. The number of nitrogens with zero attached hydrogens (tertiary/aromatic N) is 3. The fourth-order valence-electron chi connectivity index (χ4n) is 2.06. The van der Waals surface area contributed by atoms with E-state index in [0.29, 0.717) is 13.1 Å². The maximum atomic E-state index is 8.76. The Morgan fingerprint density at radius 3 is 3.24 bits per heavy atom. The van der Waals surface area contributed by atoms with Gasteiger partial charge in [0.05, 0.1) is 24.4 Å². The molecule has 1 aliphatic heterocycles. The second-order valence-corrected chi connectivity index (χ2v) is 4.70. The molecule has 1 aromatic rings. The van der Waals surface area contributed by atoms with Crippen molar-refractivity contribution in [2.45, 2.75) is 38.5 Å². The molecule has 1 unspecified atom stereocenters. The fourth-order valence-corrected chi connectivity index (χ4v) is 2.06. The molecule has 17 heavy (non-hydrogen) atoms. The molecule has 0 bridgehead atoms. The van der Waals surface area contributed by atoms with Gasteiger partial charge in [0.25, 0.3) is 0 Å². The van der Waals surface area contributed by atoms with Crippen molar-refractivity contribution in [3.8, 4) is 0 Å². The summed E-state index contributed by atoms with van der Waals surface area (Å²) in [6.45, 7) is 5.10. The number of aliphatic hydroxyl groups is 1. The lowest BCUT2D eigenvalue weighted by molar-refractivity contribution is 0.0206. The van der Waals surface area contributed by atoms with Crippen molar-refractivity contribution in [2.24, 2.45) is 0 Å². The van der Waals surface area contributed by atoms with E-state index in [1.54, 1.807) is 4.68 Å². The first-order chi connectivity index (χ1) is 8.22. The highest BCUT2D eigenvalue weighted by Crippen LogP contribution is 2.23. The normalized spacial score (nSPS) is 24.4. The topological polar surface area (TPSA) is 72.2 Å². The molecule has 6 heteroatoms. The van der Waals surface area contributed by atoms with Gasteiger partial charge >= 0.3 is 0 Å². The maximum absolute atomic E-state index is 8.76. The van der Waals surface area contributed by atoms with Crippen molar-refractivity contribution in [3.05, 3.63) is 11.9 Å². The van der Waals surface area contributed by atoms with Crippen LogP contribution in [0.5, 0.6) is 0 Å². The summed E-state index contributed by atoms with van der Waals surface area (Å²) in [5, 5.41) is 20.0. The van der Waals surface area contributed by atoms with Crippen molar-refractivity contribution < 1.29 is 9.84 Å². The Morgan fingerprint density at radius 1 is 1.65 bits per heavy atom. The summed E-state index contributed by atoms with van der Waals surface area (Å²) in [6.07, 6.45) is 4.10. The number of ether oxygens (including phenoxy) is 1. The van der Waals surface area contributed by atoms with Crippen LogP contribution in [0, 0.1) is 0 Å². The number of hydrogen-bond donors (Lipinski definition) is 2. The highest BCUT2D eigenvalue weighted by molar-refractivity contribution is 4.92. The van der Waals surface area contributed by atoms with Gasteiger partial charge < -0.3 is 15.2 Å². The van der Waals surface area contributed by atoms with Crippen molar-refractivity contribution in [2.75, 3.05) is 19.8 Å². The van der Waals surface area contributed by atoms with Crippen LogP contribution in [0.2, 0.25) is 0 Å². The molecule has 2 rings (SSSR count). The third kappa shape index (κ3) is 3.49. The van der Waals surface area contributed by atoms with E-state index in [2.05, 4.69) is 22.6 Å². The molecule has 1 atom stereocenters. The van der Waals surface area contributed by atoms with Crippen LogP contribution >= 0.6 is 0 Å². The number of hydrogen-bond acceptors (Lipinski definition) is 5. The number of aromatic nitrogens is 3. The monoisotopic (exact) mass is 240 g/mol. The largest absolute Gasteiger partial charge is 0.394 e.